The van der Waals surface area contributed by atoms with Gasteiger partial charge in [-0.15, -0.1) is 10.2 Å². The zero-order chi connectivity index (χ0) is 13.7. The first-order valence-electron chi connectivity index (χ1n) is 5.80. The van der Waals surface area contributed by atoms with Crippen molar-refractivity contribution in [3.8, 4) is 10.7 Å². The van der Waals surface area contributed by atoms with Crippen molar-refractivity contribution >= 4 is 29.1 Å². The van der Waals surface area contributed by atoms with E-state index >= 15 is 0 Å². The maximum absolute atomic E-state index is 11.1. The highest BCUT2D eigenvalue weighted by atomic mass is 32.2. The molecule has 0 fully saturated rings. The molecule has 8 heteroatoms. The molecule has 0 atom stereocenters. The van der Waals surface area contributed by atoms with Crippen LogP contribution in [0, 0.1) is 0 Å². The molecule has 2 aromatic heterocycles. The van der Waals surface area contributed by atoms with Crippen LogP contribution < -0.4 is 0 Å². The predicted octanol–water partition coefficient (Wildman–Crippen LogP) is 2.08. The Balaban J connectivity index is 2.07. The monoisotopic (exact) mass is 298 g/mol. The Morgan fingerprint density at radius 2 is 2.37 bits per heavy atom. The predicted molar refractivity (Wildman–Crippen MR) is 74.2 cm³/mol. The maximum Gasteiger partial charge on any atom is 0.316 e. The molecule has 0 saturated carbocycles. The van der Waals surface area contributed by atoms with Gasteiger partial charge in [0.25, 0.3) is 0 Å². The van der Waals surface area contributed by atoms with Crippen molar-refractivity contribution in [2.24, 2.45) is 0 Å². The van der Waals surface area contributed by atoms with Crippen molar-refractivity contribution in [2.45, 2.75) is 24.2 Å². The molecule has 19 heavy (non-hydrogen) atoms. The molecular weight excluding hydrogens is 284 g/mol. The Kier molecular flexibility index (Phi) is 4.92. The normalized spacial score (nSPS) is 10.6. The Bertz CT molecular complexity index is 552. The van der Waals surface area contributed by atoms with Gasteiger partial charge in [0.2, 0.25) is 0 Å². The van der Waals surface area contributed by atoms with Crippen molar-refractivity contribution in [3.05, 3.63) is 12.3 Å². The molecule has 2 rings (SSSR count). The highest BCUT2D eigenvalue weighted by Crippen LogP contribution is 2.29. The number of nitrogens with zero attached hydrogens (tertiary/aromatic N) is 4. The number of thioether (sulfide) groups is 1. The van der Waals surface area contributed by atoms with Gasteiger partial charge < -0.3 is 4.74 Å². The summed E-state index contributed by atoms with van der Waals surface area (Å²) in [5, 5.41) is 13.3. The summed E-state index contributed by atoms with van der Waals surface area (Å²) in [6, 6.07) is 1.92. The molecule has 0 aromatic carbocycles. The summed E-state index contributed by atoms with van der Waals surface area (Å²) in [7, 11) is 1.37. The van der Waals surface area contributed by atoms with Crippen LogP contribution in [0.25, 0.3) is 10.7 Å². The molecular formula is C11H14N4O2S2. The van der Waals surface area contributed by atoms with Gasteiger partial charge in [-0.3, -0.25) is 9.48 Å². The van der Waals surface area contributed by atoms with Gasteiger partial charge >= 0.3 is 5.97 Å². The SMILES string of the molecule is CCCn1nccc1-c1nnc(SCC(=O)OC)s1. The lowest BCUT2D eigenvalue weighted by atomic mass is 10.4. The summed E-state index contributed by atoms with van der Waals surface area (Å²) in [6.45, 7) is 2.95. The van der Waals surface area contributed by atoms with Crippen molar-refractivity contribution in [1.82, 2.24) is 20.0 Å². The molecule has 102 valence electrons. The molecule has 0 saturated heterocycles. The zero-order valence-corrected chi connectivity index (χ0v) is 12.3. The molecule has 0 N–H and O–H groups in total. The van der Waals surface area contributed by atoms with Crippen LogP contribution in [0.3, 0.4) is 0 Å². The van der Waals surface area contributed by atoms with Gasteiger partial charge in [0.15, 0.2) is 9.35 Å². The number of carbonyl (C=O) groups excluding carboxylic acids is 1. The molecule has 0 bridgehead atoms. The second-order valence-corrected chi connectivity index (χ2v) is 5.88. The van der Waals surface area contributed by atoms with E-state index in [0.717, 1.165) is 28.0 Å². The van der Waals surface area contributed by atoms with Crippen molar-refractivity contribution in [2.75, 3.05) is 12.9 Å². The zero-order valence-electron chi connectivity index (χ0n) is 10.7. The number of hydrogen-bond donors (Lipinski definition) is 0. The molecule has 2 aromatic rings. The van der Waals surface area contributed by atoms with Gasteiger partial charge in [-0.2, -0.15) is 5.10 Å². The summed E-state index contributed by atoms with van der Waals surface area (Å²) in [4.78, 5) is 11.1. The molecule has 0 radical (unpaired) electrons. The summed E-state index contributed by atoms with van der Waals surface area (Å²) < 4.78 is 7.25. The van der Waals surface area contributed by atoms with Crippen LogP contribution >= 0.6 is 23.1 Å². The summed E-state index contributed by atoms with van der Waals surface area (Å²) in [5.74, 6) is -0.0166. The van der Waals surface area contributed by atoms with Crippen LogP contribution in [-0.2, 0) is 16.1 Å². The van der Waals surface area contributed by atoms with E-state index in [1.165, 1.54) is 30.2 Å². The minimum absolute atomic E-state index is 0.249. The number of carbonyl (C=O) groups is 1. The Morgan fingerprint density at radius 1 is 1.53 bits per heavy atom. The van der Waals surface area contributed by atoms with Crippen molar-refractivity contribution in [1.29, 1.82) is 0 Å². The summed E-state index contributed by atoms with van der Waals surface area (Å²) in [6.07, 6.45) is 2.77. The fourth-order valence-electron chi connectivity index (χ4n) is 1.46. The van der Waals surface area contributed by atoms with Gasteiger partial charge in [0.1, 0.15) is 0 Å². The molecule has 0 amide bonds. The van der Waals surface area contributed by atoms with Crippen molar-refractivity contribution < 1.29 is 9.53 Å². The molecule has 2 heterocycles. The van der Waals surface area contributed by atoms with Crippen LogP contribution in [-0.4, -0.2) is 38.8 Å². The number of rotatable bonds is 6. The molecule has 0 unspecified atom stereocenters. The molecule has 0 aliphatic rings. The van der Waals surface area contributed by atoms with E-state index in [-0.39, 0.29) is 11.7 Å². The van der Waals surface area contributed by atoms with Crippen LogP contribution in [0.15, 0.2) is 16.6 Å². The number of esters is 1. The smallest absolute Gasteiger partial charge is 0.316 e. The number of aryl methyl sites for hydroxylation is 1. The molecule has 0 aliphatic carbocycles. The second-order valence-electron chi connectivity index (χ2n) is 3.68. The first-order chi connectivity index (χ1) is 9.24. The number of ether oxygens (including phenoxy) is 1. The lowest BCUT2D eigenvalue weighted by Gasteiger charge is -2.01. The minimum Gasteiger partial charge on any atom is -0.468 e. The Labute approximate surface area is 119 Å². The minimum atomic E-state index is -0.266. The third-order valence-electron chi connectivity index (χ3n) is 2.32. The standard InChI is InChI=1S/C11H14N4O2S2/c1-3-6-15-8(4-5-12-15)10-13-14-11(19-10)18-7-9(16)17-2/h4-5H,3,6-7H2,1-2H3. The first-order valence-corrected chi connectivity index (χ1v) is 7.60. The van der Waals surface area contributed by atoms with Gasteiger partial charge in [-0.25, -0.2) is 0 Å². The van der Waals surface area contributed by atoms with Gasteiger partial charge in [-0.1, -0.05) is 30.0 Å². The highest BCUT2D eigenvalue weighted by Gasteiger charge is 2.12. The van der Waals surface area contributed by atoms with E-state index in [0.29, 0.717) is 0 Å². The third-order valence-corrected chi connectivity index (χ3v) is 4.37. The second kappa shape index (κ2) is 6.67. The number of aromatic nitrogens is 4. The van der Waals surface area contributed by atoms with E-state index in [4.69, 9.17) is 0 Å². The van der Waals surface area contributed by atoms with Crippen molar-refractivity contribution in [3.63, 3.8) is 0 Å². The van der Waals surface area contributed by atoms with E-state index in [2.05, 4.69) is 27.0 Å². The fourth-order valence-corrected chi connectivity index (χ4v) is 3.17. The Hall–Kier alpha value is -1.41. The number of methoxy groups -OCH3 is 1. The molecule has 0 aliphatic heterocycles. The maximum atomic E-state index is 11.1. The van der Waals surface area contributed by atoms with Crippen LogP contribution in [0.2, 0.25) is 0 Å². The average Bonchev–Trinajstić information content (AvgIpc) is 3.04. The van der Waals surface area contributed by atoms with E-state index in [9.17, 15) is 4.79 Å². The quantitative estimate of drug-likeness (QED) is 0.600. The topological polar surface area (TPSA) is 69.9 Å². The lowest BCUT2D eigenvalue weighted by Crippen LogP contribution is -2.02. The van der Waals surface area contributed by atoms with E-state index in [1.54, 1.807) is 6.20 Å². The average molecular weight is 298 g/mol. The highest BCUT2D eigenvalue weighted by molar-refractivity contribution is 8.01. The Morgan fingerprint density at radius 3 is 3.11 bits per heavy atom. The third kappa shape index (κ3) is 3.54. The van der Waals surface area contributed by atoms with Gasteiger partial charge in [0, 0.05) is 12.7 Å². The molecule has 6 nitrogen and oxygen atoms in total. The van der Waals surface area contributed by atoms with Crippen LogP contribution in [0.4, 0.5) is 0 Å². The van der Waals surface area contributed by atoms with E-state index in [1.807, 2.05) is 10.7 Å². The van der Waals surface area contributed by atoms with Gasteiger partial charge in [0.05, 0.1) is 18.6 Å². The van der Waals surface area contributed by atoms with Crippen LogP contribution in [0.5, 0.6) is 0 Å². The fraction of sp³-hybridized carbons (Fsp3) is 0.455. The van der Waals surface area contributed by atoms with E-state index < -0.39 is 0 Å². The summed E-state index contributed by atoms with van der Waals surface area (Å²) >= 11 is 2.79. The lowest BCUT2D eigenvalue weighted by molar-refractivity contribution is -0.137. The van der Waals surface area contributed by atoms with Gasteiger partial charge in [-0.05, 0) is 12.5 Å². The largest absolute Gasteiger partial charge is 0.468 e. The number of hydrogen-bond acceptors (Lipinski definition) is 7. The summed E-state index contributed by atoms with van der Waals surface area (Å²) in [5.41, 5.74) is 0.962. The first kappa shape index (κ1) is 14.0. The van der Waals surface area contributed by atoms with Crippen LogP contribution in [0.1, 0.15) is 13.3 Å². The molecule has 0 spiro atoms.